The van der Waals surface area contributed by atoms with Crippen LogP contribution in [-0.2, 0) is 9.63 Å². The molecule has 2 rings (SSSR count). The summed E-state index contributed by atoms with van der Waals surface area (Å²) < 4.78 is 0. The van der Waals surface area contributed by atoms with Crippen LogP contribution in [-0.4, -0.2) is 35.7 Å². The first kappa shape index (κ1) is 17.2. The molecule has 4 nitrogen and oxygen atoms in total. The summed E-state index contributed by atoms with van der Waals surface area (Å²) >= 11 is 0. The van der Waals surface area contributed by atoms with Crippen LogP contribution < -0.4 is 0 Å². The Labute approximate surface area is 134 Å². The molecule has 0 spiro atoms. The average Bonchev–Trinajstić information content (AvgIpc) is 2.52. The average molecular weight is 306 g/mol. The summed E-state index contributed by atoms with van der Waals surface area (Å²) in [6.07, 6.45) is 9.19. The minimum atomic E-state index is -0.328. The highest BCUT2D eigenvalue weighted by Gasteiger charge is 2.29. The molecule has 0 bridgehead atoms. The highest BCUT2D eigenvalue weighted by Crippen LogP contribution is 2.36. The second-order valence-electron chi connectivity index (χ2n) is 6.49. The van der Waals surface area contributed by atoms with Gasteiger partial charge in [0.25, 0.3) is 0 Å². The standard InChI is InChI=1S/C18H30N2O2/c1-4-11-20(12-5-2)16-9-10-17-15(13-16)7-6-8-18(17)19-22-14(3)21/h16H,4-13H2,1-3H3/b19-18+. The van der Waals surface area contributed by atoms with E-state index in [-0.39, 0.29) is 5.97 Å². The van der Waals surface area contributed by atoms with E-state index in [1.807, 2.05) is 0 Å². The maximum atomic E-state index is 11.0. The van der Waals surface area contributed by atoms with Crippen LogP contribution in [0.3, 0.4) is 0 Å². The lowest BCUT2D eigenvalue weighted by atomic mass is 9.78. The van der Waals surface area contributed by atoms with Gasteiger partial charge >= 0.3 is 5.97 Å². The van der Waals surface area contributed by atoms with Crippen LogP contribution >= 0.6 is 0 Å². The first-order valence-corrected chi connectivity index (χ1v) is 8.85. The summed E-state index contributed by atoms with van der Waals surface area (Å²) in [4.78, 5) is 18.5. The van der Waals surface area contributed by atoms with Crippen LogP contribution in [0.2, 0.25) is 0 Å². The molecular formula is C18H30N2O2. The Hall–Kier alpha value is -1.16. The van der Waals surface area contributed by atoms with Crippen molar-refractivity contribution in [3.05, 3.63) is 11.1 Å². The Morgan fingerprint density at radius 1 is 1.23 bits per heavy atom. The van der Waals surface area contributed by atoms with E-state index in [0.29, 0.717) is 6.04 Å². The van der Waals surface area contributed by atoms with Gasteiger partial charge in [0.1, 0.15) is 0 Å². The smallest absolute Gasteiger partial charge is 0.318 e. The maximum Gasteiger partial charge on any atom is 0.331 e. The third-order valence-corrected chi connectivity index (χ3v) is 4.70. The van der Waals surface area contributed by atoms with Crippen LogP contribution in [0.15, 0.2) is 16.3 Å². The molecule has 0 N–H and O–H groups in total. The Bertz CT molecular complexity index is 448. The Kier molecular flexibility index (Phi) is 6.62. The minimum absolute atomic E-state index is 0.328. The summed E-state index contributed by atoms with van der Waals surface area (Å²) in [7, 11) is 0. The molecule has 0 saturated carbocycles. The zero-order chi connectivity index (χ0) is 15.9. The van der Waals surface area contributed by atoms with Crippen molar-refractivity contribution in [2.24, 2.45) is 5.16 Å². The number of hydrogen-bond donors (Lipinski definition) is 0. The Morgan fingerprint density at radius 3 is 2.59 bits per heavy atom. The van der Waals surface area contributed by atoms with Gasteiger partial charge in [-0.3, -0.25) is 0 Å². The van der Waals surface area contributed by atoms with Gasteiger partial charge in [-0.25, -0.2) is 4.79 Å². The fourth-order valence-electron chi connectivity index (χ4n) is 3.80. The Balaban J connectivity index is 2.09. The molecule has 4 heteroatoms. The third-order valence-electron chi connectivity index (χ3n) is 4.70. The number of hydrogen-bond acceptors (Lipinski definition) is 4. The molecule has 2 aliphatic carbocycles. The van der Waals surface area contributed by atoms with Crippen molar-refractivity contribution >= 4 is 11.7 Å². The second kappa shape index (κ2) is 8.47. The largest absolute Gasteiger partial charge is 0.331 e. The van der Waals surface area contributed by atoms with Crippen molar-refractivity contribution < 1.29 is 9.63 Å². The lowest BCUT2D eigenvalue weighted by molar-refractivity contribution is -0.140. The number of carbonyl (C=O) groups is 1. The second-order valence-corrected chi connectivity index (χ2v) is 6.49. The van der Waals surface area contributed by atoms with E-state index in [9.17, 15) is 4.79 Å². The van der Waals surface area contributed by atoms with Gasteiger partial charge in [-0.15, -0.1) is 0 Å². The van der Waals surface area contributed by atoms with E-state index >= 15 is 0 Å². The normalized spacial score (nSPS) is 23.8. The topological polar surface area (TPSA) is 41.9 Å². The van der Waals surface area contributed by atoms with Crippen molar-refractivity contribution in [2.75, 3.05) is 13.1 Å². The fraction of sp³-hybridized carbons (Fsp3) is 0.778. The molecule has 2 aliphatic rings. The van der Waals surface area contributed by atoms with Gasteiger partial charge in [-0.05, 0) is 70.0 Å². The van der Waals surface area contributed by atoms with E-state index in [1.54, 1.807) is 5.57 Å². The predicted molar refractivity (Wildman–Crippen MR) is 89.9 cm³/mol. The minimum Gasteiger partial charge on any atom is -0.318 e. The SMILES string of the molecule is CCCN(CCC)C1CCC2=C(CCC/C2=N\OC(C)=O)C1. The highest BCUT2D eigenvalue weighted by atomic mass is 16.7. The molecule has 1 atom stereocenters. The van der Waals surface area contributed by atoms with Gasteiger partial charge < -0.3 is 9.74 Å². The zero-order valence-electron chi connectivity index (χ0n) is 14.4. The van der Waals surface area contributed by atoms with E-state index < -0.39 is 0 Å². The molecule has 0 saturated heterocycles. The molecular weight excluding hydrogens is 276 g/mol. The van der Waals surface area contributed by atoms with Gasteiger partial charge in [0.2, 0.25) is 0 Å². The summed E-state index contributed by atoms with van der Waals surface area (Å²) in [5, 5.41) is 4.11. The van der Waals surface area contributed by atoms with Crippen molar-refractivity contribution in [1.29, 1.82) is 0 Å². The lowest BCUT2D eigenvalue weighted by Crippen LogP contribution is -2.39. The fourth-order valence-corrected chi connectivity index (χ4v) is 3.80. The molecule has 124 valence electrons. The first-order chi connectivity index (χ1) is 10.7. The number of rotatable bonds is 6. The van der Waals surface area contributed by atoms with Crippen molar-refractivity contribution in [3.63, 3.8) is 0 Å². The van der Waals surface area contributed by atoms with Crippen LogP contribution in [0.1, 0.15) is 72.1 Å². The molecule has 0 aliphatic heterocycles. The number of carbonyl (C=O) groups excluding carboxylic acids is 1. The van der Waals surface area contributed by atoms with Crippen molar-refractivity contribution in [2.45, 2.75) is 78.2 Å². The van der Waals surface area contributed by atoms with E-state index in [0.717, 1.165) is 25.0 Å². The van der Waals surface area contributed by atoms with Crippen LogP contribution in [0.25, 0.3) is 0 Å². The number of nitrogens with zero attached hydrogens (tertiary/aromatic N) is 2. The summed E-state index contributed by atoms with van der Waals surface area (Å²) in [5.74, 6) is -0.328. The van der Waals surface area contributed by atoms with Gasteiger partial charge in [0.15, 0.2) is 0 Å². The molecule has 0 radical (unpaired) electrons. The molecule has 0 amide bonds. The van der Waals surface area contributed by atoms with E-state index in [4.69, 9.17) is 4.84 Å². The van der Waals surface area contributed by atoms with E-state index in [2.05, 4.69) is 23.9 Å². The summed E-state index contributed by atoms with van der Waals surface area (Å²) in [6.45, 7) is 8.35. The predicted octanol–water partition coefficient (Wildman–Crippen LogP) is 4.06. The number of oxime groups is 1. The number of allylic oxidation sites excluding steroid dienone is 1. The molecule has 0 heterocycles. The highest BCUT2D eigenvalue weighted by molar-refractivity contribution is 6.01. The Morgan fingerprint density at radius 2 is 1.95 bits per heavy atom. The maximum absolute atomic E-state index is 11.0. The molecule has 1 unspecified atom stereocenters. The molecule has 0 aromatic rings. The van der Waals surface area contributed by atoms with Crippen LogP contribution in [0.4, 0.5) is 0 Å². The summed E-state index contributed by atoms with van der Waals surface area (Å²) in [6, 6.07) is 0.687. The third kappa shape index (κ3) is 4.42. The van der Waals surface area contributed by atoms with Gasteiger partial charge in [0.05, 0.1) is 5.71 Å². The van der Waals surface area contributed by atoms with Gasteiger partial charge in [-0.1, -0.05) is 24.6 Å². The van der Waals surface area contributed by atoms with Gasteiger partial charge in [-0.2, -0.15) is 0 Å². The van der Waals surface area contributed by atoms with Crippen molar-refractivity contribution in [1.82, 2.24) is 4.90 Å². The monoisotopic (exact) mass is 306 g/mol. The van der Waals surface area contributed by atoms with Crippen molar-refractivity contribution in [3.8, 4) is 0 Å². The zero-order valence-corrected chi connectivity index (χ0v) is 14.4. The van der Waals surface area contributed by atoms with Crippen LogP contribution in [0, 0.1) is 0 Å². The lowest BCUT2D eigenvalue weighted by Gasteiger charge is -2.37. The quantitative estimate of drug-likeness (QED) is 0.549. The van der Waals surface area contributed by atoms with Gasteiger partial charge in [0, 0.05) is 13.0 Å². The molecule has 0 aromatic carbocycles. The molecule has 0 fully saturated rings. The first-order valence-electron chi connectivity index (χ1n) is 8.85. The molecule has 0 aromatic heterocycles. The van der Waals surface area contributed by atoms with Crippen LogP contribution in [0.5, 0.6) is 0 Å². The summed E-state index contributed by atoms with van der Waals surface area (Å²) in [5.41, 5.74) is 3.97. The van der Waals surface area contributed by atoms with E-state index in [1.165, 1.54) is 57.7 Å². The molecule has 22 heavy (non-hydrogen) atoms.